The van der Waals surface area contributed by atoms with Crippen LogP contribution in [0.4, 0.5) is 0 Å². The van der Waals surface area contributed by atoms with Gasteiger partial charge in [-0.1, -0.05) is 12.1 Å². The highest BCUT2D eigenvalue weighted by molar-refractivity contribution is 7.13. The van der Waals surface area contributed by atoms with Crippen molar-refractivity contribution in [1.82, 2.24) is 4.57 Å². The van der Waals surface area contributed by atoms with Crippen LogP contribution in [0.25, 0.3) is 10.6 Å². The van der Waals surface area contributed by atoms with Crippen LogP contribution < -0.4 is 0 Å². The van der Waals surface area contributed by atoms with Gasteiger partial charge in [-0.15, -0.1) is 22.7 Å². The van der Waals surface area contributed by atoms with E-state index >= 15 is 0 Å². The minimum Gasteiger partial charge on any atom is -0.494 e. The summed E-state index contributed by atoms with van der Waals surface area (Å²) >= 11 is 3.04. The molecule has 104 valence electrons. The topological polar surface area (TPSA) is 54.6 Å². The van der Waals surface area contributed by atoms with Crippen LogP contribution in [0, 0.1) is 0 Å². The van der Waals surface area contributed by atoms with Gasteiger partial charge in [0.05, 0.1) is 32.3 Å². The Hall–Kier alpha value is -2.18. The van der Waals surface area contributed by atoms with E-state index in [4.69, 9.17) is 0 Å². The predicted molar refractivity (Wildman–Crippen MR) is 84.7 cm³/mol. The fourth-order valence-electron chi connectivity index (χ4n) is 2.61. The molecular weight excluding hydrogens is 304 g/mol. The minimum atomic E-state index is -0.285. The van der Waals surface area contributed by atoms with E-state index in [-0.39, 0.29) is 11.8 Å². The Kier molecular flexibility index (Phi) is 2.63. The lowest BCUT2D eigenvalue weighted by Gasteiger charge is -2.03. The zero-order chi connectivity index (χ0) is 14.6. The Balaban J connectivity index is 2.01. The number of aromatic nitrogens is 1. The van der Waals surface area contributed by atoms with Gasteiger partial charge in [-0.05, 0) is 22.9 Å². The number of carbonyl (C=O) groups is 1. The number of aliphatic imine (C=N–C) groups is 1. The van der Waals surface area contributed by atoms with Crippen molar-refractivity contribution in [3.8, 4) is 16.5 Å². The van der Waals surface area contributed by atoms with Crippen LogP contribution in [0.5, 0.6) is 5.88 Å². The van der Waals surface area contributed by atoms with Crippen molar-refractivity contribution in [2.45, 2.75) is 0 Å². The first kappa shape index (κ1) is 12.6. The molecule has 0 spiro atoms. The fourth-order valence-corrected chi connectivity index (χ4v) is 4.14. The van der Waals surface area contributed by atoms with Crippen molar-refractivity contribution in [2.75, 3.05) is 0 Å². The maximum Gasteiger partial charge on any atom is 0.280 e. The molecule has 0 unspecified atom stereocenters. The first-order valence-electron chi connectivity index (χ1n) is 6.31. The number of hydrogen-bond donors (Lipinski definition) is 1. The molecule has 3 aromatic heterocycles. The summed E-state index contributed by atoms with van der Waals surface area (Å²) in [5, 5.41) is 14.3. The second-order valence-corrected chi connectivity index (χ2v) is 6.60. The van der Waals surface area contributed by atoms with Gasteiger partial charge in [0.25, 0.3) is 5.91 Å². The minimum absolute atomic E-state index is 0.0893. The first-order valence-corrected chi connectivity index (χ1v) is 8.07. The lowest BCUT2D eigenvalue weighted by atomic mass is 10.1. The molecule has 4 nitrogen and oxygen atoms in total. The number of amides is 1. The molecule has 0 radical (unpaired) electrons. The molecule has 1 aliphatic heterocycles. The van der Waals surface area contributed by atoms with Crippen molar-refractivity contribution in [3.05, 3.63) is 51.0 Å². The quantitative estimate of drug-likeness (QED) is 0.787. The molecule has 4 heterocycles. The molecule has 0 aliphatic carbocycles. The zero-order valence-electron chi connectivity index (χ0n) is 11.0. The lowest BCUT2D eigenvalue weighted by Crippen LogP contribution is -1.98. The van der Waals surface area contributed by atoms with E-state index in [0.717, 1.165) is 15.4 Å². The lowest BCUT2D eigenvalue weighted by molar-refractivity contribution is 0.101. The van der Waals surface area contributed by atoms with Crippen LogP contribution in [0.2, 0.25) is 0 Å². The van der Waals surface area contributed by atoms with Crippen LogP contribution in [0.15, 0.2) is 40.0 Å². The summed E-state index contributed by atoms with van der Waals surface area (Å²) in [7, 11) is 1.77. The van der Waals surface area contributed by atoms with E-state index in [9.17, 15) is 9.90 Å². The summed E-state index contributed by atoms with van der Waals surface area (Å²) in [5.74, 6) is -0.195. The maximum atomic E-state index is 12.4. The monoisotopic (exact) mass is 314 g/mol. The molecule has 6 heteroatoms. The Labute approximate surface area is 128 Å². The average Bonchev–Trinajstić information content (AvgIpc) is 3.20. The number of carbonyl (C=O) groups excluding carboxylic acids is 1. The van der Waals surface area contributed by atoms with Gasteiger partial charge in [-0.2, -0.15) is 0 Å². The molecule has 0 saturated carbocycles. The van der Waals surface area contributed by atoms with Crippen LogP contribution in [-0.4, -0.2) is 21.3 Å². The number of rotatable bonds is 2. The van der Waals surface area contributed by atoms with Gasteiger partial charge in [-0.3, -0.25) is 4.79 Å². The number of aromatic hydroxyl groups is 1. The molecule has 0 bridgehead atoms. The van der Waals surface area contributed by atoms with E-state index in [1.165, 1.54) is 22.7 Å². The molecule has 0 fully saturated rings. The Morgan fingerprint density at radius 1 is 1.10 bits per heavy atom. The van der Waals surface area contributed by atoms with Crippen LogP contribution in [0.1, 0.15) is 20.8 Å². The molecule has 4 rings (SSSR count). The molecule has 0 saturated heterocycles. The molecule has 1 N–H and O–H groups in total. The van der Waals surface area contributed by atoms with Crippen molar-refractivity contribution in [2.24, 2.45) is 12.0 Å². The van der Waals surface area contributed by atoms with Gasteiger partial charge < -0.3 is 9.67 Å². The van der Waals surface area contributed by atoms with E-state index in [1.807, 2.05) is 35.0 Å². The molecule has 1 amide bonds. The van der Waals surface area contributed by atoms with E-state index in [1.54, 1.807) is 11.6 Å². The molecule has 1 aliphatic rings. The smallest absolute Gasteiger partial charge is 0.280 e. The van der Waals surface area contributed by atoms with Gasteiger partial charge in [0.1, 0.15) is 0 Å². The SMILES string of the molecule is Cn1c(O)c2c(c1-c1cccs1)C(=O)N=C2c1cccs1. The van der Waals surface area contributed by atoms with Gasteiger partial charge in [-0.25, -0.2) is 4.99 Å². The predicted octanol–water partition coefficient (Wildman–Crippen LogP) is 3.51. The van der Waals surface area contributed by atoms with Gasteiger partial charge in [0.15, 0.2) is 0 Å². The fraction of sp³-hybridized carbons (Fsp3) is 0.0667. The van der Waals surface area contributed by atoms with E-state index in [0.29, 0.717) is 16.8 Å². The van der Waals surface area contributed by atoms with Crippen LogP contribution in [-0.2, 0) is 7.05 Å². The highest BCUT2D eigenvalue weighted by atomic mass is 32.1. The second-order valence-electron chi connectivity index (χ2n) is 4.70. The standard InChI is InChI=1S/C15H10N2O2S2/c1-17-13(9-5-3-7-21-9)11-10(15(17)19)12(16-14(11)18)8-4-2-6-20-8/h2-7,19H,1H3. The molecule has 21 heavy (non-hydrogen) atoms. The number of nitrogens with zero attached hydrogens (tertiary/aromatic N) is 2. The number of thiophene rings is 2. The van der Waals surface area contributed by atoms with Crippen LogP contribution in [0.3, 0.4) is 0 Å². The summed E-state index contributed by atoms with van der Waals surface area (Å²) in [5.41, 5.74) is 2.35. The van der Waals surface area contributed by atoms with Gasteiger partial charge in [0, 0.05) is 7.05 Å². The Morgan fingerprint density at radius 2 is 1.76 bits per heavy atom. The first-order chi connectivity index (χ1) is 10.2. The number of fused-ring (bicyclic) bond motifs is 1. The molecule has 3 aromatic rings. The molecular formula is C15H10N2O2S2. The Bertz CT molecular complexity index is 872. The molecule has 0 atom stereocenters. The van der Waals surface area contributed by atoms with Crippen molar-refractivity contribution >= 4 is 34.3 Å². The van der Waals surface area contributed by atoms with Gasteiger partial charge in [0.2, 0.25) is 5.88 Å². The second kappa shape index (κ2) is 4.41. The zero-order valence-corrected chi connectivity index (χ0v) is 12.7. The normalized spacial score (nSPS) is 13.6. The Morgan fingerprint density at radius 3 is 2.38 bits per heavy atom. The summed E-state index contributed by atoms with van der Waals surface area (Å²) in [6, 6.07) is 7.68. The van der Waals surface area contributed by atoms with E-state index < -0.39 is 0 Å². The summed E-state index contributed by atoms with van der Waals surface area (Å²) in [6.07, 6.45) is 0. The highest BCUT2D eigenvalue weighted by Gasteiger charge is 2.35. The third kappa shape index (κ3) is 1.66. The van der Waals surface area contributed by atoms with Crippen LogP contribution >= 0.6 is 22.7 Å². The summed E-state index contributed by atoms with van der Waals surface area (Å²) in [6.45, 7) is 0. The van der Waals surface area contributed by atoms with Crippen molar-refractivity contribution in [1.29, 1.82) is 0 Å². The maximum absolute atomic E-state index is 12.4. The highest BCUT2D eigenvalue weighted by Crippen LogP contribution is 2.41. The van der Waals surface area contributed by atoms with E-state index in [2.05, 4.69) is 4.99 Å². The average molecular weight is 314 g/mol. The van der Waals surface area contributed by atoms with Crippen molar-refractivity contribution < 1.29 is 9.90 Å². The van der Waals surface area contributed by atoms with Gasteiger partial charge >= 0.3 is 0 Å². The third-order valence-electron chi connectivity index (χ3n) is 3.54. The third-order valence-corrected chi connectivity index (χ3v) is 5.29. The van der Waals surface area contributed by atoms with Crippen molar-refractivity contribution in [3.63, 3.8) is 0 Å². The summed E-state index contributed by atoms with van der Waals surface area (Å²) < 4.78 is 1.66. The molecule has 0 aromatic carbocycles. The largest absolute Gasteiger partial charge is 0.494 e. The summed E-state index contributed by atoms with van der Waals surface area (Å²) in [4.78, 5) is 18.3. The number of hydrogen-bond acceptors (Lipinski definition) is 4.